The molecule has 112 valence electrons. The van der Waals surface area contributed by atoms with Gasteiger partial charge in [-0.3, -0.25) is 14.5 Å². The number of hydrogen-bond acceptors (Lipinski definition) is 4. The molecule has 0 aromatic heterocycles. The molecule has 2 heterocycles. The number of likely N-dealkylation sites (N-methyl/N-ethyl adjacent to an activating group) is 1. The molecule has 0 radical (unpaired) electrons. The first-order chi connectivity index (χ1) is 10.1. The SMILES string of the molecule is CN1CCN(C2CC(=O)N(c3ccccc3Cl)C2=O)CC1. The van der Waals surface area contributed by atoms with Gasteiger partial charge in [-0.25, -0.2) is 4.90 Å². The van der Waals surface area contributed by atoms with Crippen LogP contribution >= 0.6 is 11.6 Å². The molecule has 0 aliphatic carbocycles. The highest BCUT2D eigenvalue weighted by Gasteiger charge is 2.43. The highest BCUT2D eigenvalue weighted by Crippen LogP contribution is 2.31. The molecule has 0 spiro atoms. The standard InChI is InChI=1S/C15H18ClN3O2/c1-17-6-8-18(9-7-17)13-10-14(20)19(15(13)21)12-5-3-2-4-11(12)16/h2-5,13H,6-10H2,1H3. The Kier molecular flexibility index (Phi) is 3.97. The van der Waals surface area contributed by atoms with Crippen molar-refractivity contribution < 1.29 is 9.59 Å². The second kappa shape index (κ2) is 5.75. The maximum atomic E-state index is 12.6. The molecule has 3 rings (SSSR count). The summed E-state index contributed by atoms with van der Waals surface area (Å²) >= 11 is 6.12. The fraction of sp³-hybridized carbons (Fsp3) is 0.467. The maximum Gasteiger partial charge on any atom is 0.251 e. The predicted octanol–water partition coefficient (Wildman–Crippen LogP) is 1.22. The van der Waals surface area contributed by atoms with Gasteiger partial charge in [-0.1, -0.05) is 23.7 Å². The fourth-order valence-electron chi connectivity index (χ4n) is 2.92. The second-order valence-corrected chi connectivity index (χ2v) is 5.99. The van der Waals surface area contributed by atoms with Gasteiger partial charge in [-0.05, 0) is 19.2 Å². The smallest absolute Gasteiger partial charge is 0.251 e. The Morgan fingerprint density at radius 3 is 2.43 bits per heavy atom. The molecule has 2 aliphatic rings. The number of halogens is 1. The highest BCUT2D eigenvalue weighted by atomic mass is 35.5. The van der Waals surface area contributed by atoms with E-state index >= 15 is 0 Å². The Hall–Kier alpha value is -1.43. The lowest BCUT2D eigenvalue weighted by Crippen LogP contribution is -2.51. The average molecular weight is 308 g/mol. The third-order valence-corrected chi connectivity index (χ3v) is 4.51. The molecular formula is C15H18ClN3O2. The molecule has 2 fully saturated rings. The number of imide groups is 1. The van der Waals surface area contributed by atoms with Crippen molar-refractivity contribution in [3.8, 4) is 0 Å². The number of rotatable bonds is 2. The summed E-state index contributed by atoms with van der Waals surface area (Å²) in [6.07, 6.45) is 0.244. The van der Waals surface area contributed by atoms with E-state index in [1.54, 1.807) is 24.3 Å². The van der Waals surface area contributed by atoms with E-state index in [1.807, 2.05) is 0 Å². The van der Waals surface area contributed by atoms with Gasteiger partial charge in [0.25, 0.3) is 5.91 Å². The van der Waals surface area contributed by atoms with E-state index < -0.39 is 0 Å². The van der Waals surface area contributed by atoms with E-state index in [9.17, 15) is 9.59 Å². The van der Waals surface area contributed by atoms with Crippen LogP contribution in [0.2, 0.25) is 5.02 Å². The van der Waals surface area contributed by atoms with Crippen molar-refractivity contribution in [2.75, 3.05) is 38.1 Å². The van der Waals surface area contributed by atoms with Crippen LogP contribution in [0, 0.1) is 0 Å². The predicted molar refractivity (Wildman–Crippen MR) is 81.4 cm³/mol. The number of para-hydroxylation sites is 1. The third-order valence-electron chi connectivity index (χ3n) is 4.19. The van der Waals surface area contributed by atoms with Crippen molar-refractivity contribution in [2.45, 2.75) is 12.5 Å². The number of piperazine rings is 1. The molecule has 6 heteroatoms. The van der Waals surface area contributed by atoms with Gasteiger partial charge < -0.3 is 4.90 Å². The van der Waals surface area contributed by atoms with E-state index in [0.717, 1.165) is 26.2 Å². The van der Waals surface area contributed by atoms with Gasteiger partial charge in [0, 0.05) is 26.2 Å². The number of hydrogen-bond donors (Lipinski definition) is 0. The third kappa shape index (κ3) is 2.69. The van der Waals surface area contributed by atoms with Crippen molar-refractivity contribution >= 4 is 29.1 Å². The van der Waals surface area contributed by atoms with Crippen molar-refractivity contribution in [1.82, 2.24) is 9.80 Å². The topological polar surface area (TPSA) is 43.9 Å². The molecule has 1 aromatic rings. The molecule has 0 N–H and O–H groups in total. The van der Waals surface area contributed by atoms with E-state index in [0.29, 0.717) is 10.7 Å². The summed E-state index contributed by atoms with van der Waals surface area (Å²) in [5.41, 5.74) is 0.491. The normalized spacial score (nSPS) is 24.9. The van der Waals surface area contributed by atoms with Crippen LogP contribution in [0.15, 0.2) is 24.3 Å². The van der Waals surface area contributed by atoms with Crippen molar-refractivity contribution in [2.24, 2.45) is 0 Å². The Labute approximate surface area is 129 Å². The van der Waals surface area contributed by atoms with Gasteiger partial charge in [0.2, 0.25) is 5.91 Å². The molecule has 1 aromatic carbocycles. The number of carbonyl (C=O) groups excluding carboxylic acids is 2. The summed E-state index contributed by atoms with van der Waals surface area (Å²) in [4.78, 5) is 30.5. The molecule has 5 nitrogen and oxygen atoms in total. The monoisotopic (exact) mass is 307 g/mol. The average Bonchev–Trinajstić information content (AvgIpc) is 2.76. The van der Waals surface area contributed by atoms with Gasteiger partial charge in [-0.2, -0.15) is 0 Å². The van der Waals surface area contributed by atoms with Crippen LogP contribution < -0.4 is 4.90 Å². The lowest BCUT2D eigenvalue weighted by molar-refractivity contribution is -0.123. The minimum Gasteiger partial charge on any atom is -0.304 e. The molecular weight excluding hydrogens is 290 g/mol. The summed E-state index contributed by atoms with van der Waals surface area (Å²) in [6.45, 7) is 3.47. The Morgan fingerprint density at radius 2 is 1.76 bits per heavy atom. The lowest BCUT2D eigenvalue weighted by atomic mass is 10.2. The maximum absolute atomic E-state index is 12.6. The minimum absolute atomic E-state index is 0.155. The molecule has 2 saturated heterocycles. The van der Waals surface area contributed by atoms with Crippen molar-refractivity contribution in [1.29, 1.82) is 0 Å². The van der Waals surface area contributed by atoms with Crippen LogP contribution in [0.4, 0.5) is 5.69 Å². The van der Waals surface area contributed by atoms with Crippen molar-refractivity contribution in [3.05, 3.63) is 29.3 Å². The molecule has 2 amide bonds. The number of benzene rings is 1. The summed E-state index contributed by atoms with van der Waals surface area (Å²) in [7, 11) is 2.06. The largest absolute Gasteiger partial charge is 0.304 e. The molecule has 1 atom stereocenters. The summed E-state index contributed by atoms with van der Waals surface area (Å²) < 4.78 is 0. The van der Waals surface area contributed by atoms with Gasteiger partial charge >= 0.3 is 0 Å². The van der Waals surface area contributed by atoms with Crippen molar-refractivity contribution in [3.63, 3.8) is 0 Å². The van der Waals surface area contributed by atoms with Gasteiger partial charge in [-0.15, -0.1) is 0 Å². The molecule has 0 saturated carbocycles. The van der Waals surface area contributed by atoms with Crippen LogP contribution in [0.3, 0.4) is 0 Å². The first-order valence-electron chi connectivity index (χ1n) is 7.12. The summed E-state index contributed by atoms with van der Waals surface area (Å²) in [6, 6.07) is 6.63. The first kappa shape index (κ1) is 14.5. The number of anilines is 1. The van der Waals surface area contributed by atoms with E-state index in [1.165, 1.54) is 4.90 Å². The lowest BCUT2D eigenvalue weighted by Gasteiger charge is -2.35. The van der Waals surface area contributed by atoms with E-state index in [4.69, 9.17) is 11.6 Å². The summed E-state index contributed by atoms with van der Waals surface area (Å²) in [5, 5.41) is 0.429. The second-order valence-electron chi connectivity index (χ2n) is 5.58. The fourth-order valence-corrected chi connectivity index (χ4v) is 3.14. The Bertz CT molecular complexity index is 570. The first-order valence-corrected chi connectivity index (χ1v) is 7.49. The molecule has 0 bridgehead atoms. The van der Waals surface area contributed by atoms with Gasteiger partial charge in [0.1, 0.15) is 0 Å². The molecule has 1 unspecified atom stereocenters. The van der Waals surface area contributed by atoms with Crippen LogP contribution in [-0.4, -0.2) is 60.9 Å². The van der Waals surface area contributed by atoms with Gasteiger partial charge in [0.15, 0.2) is 0 Å². The Morgan fingerprint density at radius 1 is 1.10 bits per heavy atom. The molecule has 2 aliphatic heterocycles. The number of carbonyl (C=O) groups is 2. The number of nitrogens with zero attached hydrogens (tertiary/aromatic N) is 3. The van der Waals surface area contributed by atoms with Crippen LogP contribution in [0.1, 0.15) is 6.42 Å². The van der Waals surface area contributed by atoms with Crippen LogP contribution in [0.25, 0.3) is 0 Å². The van der Waals surface area contributed by atoms with E-state index in [2.05, 4.69) is 16.8 Å². The Balaban J connectivity index is 1.81. The quantitative estimate of drug-likeness (QED) is 0.771. The highest BCUT2D eigenvalue weighted by molar-refractivity contribution is 6.36. The zero-order valence-corrected chi connectivity index (χ0v) is 12.7. The molecule has 21 heavy (non-hydrogen) atoms. The zero-order chi connectivity index (χ0) is 15.0. The van der Waals surface area contributed by atoms with Crippen LogP contribution in [-0.2, 0) is 9.59 Å². The summed E-state index contributed by atoms with van der Waals surface area (Å²) in [5.74, 6) is -0.324. The zero-order valence-electron chi connectivity index (χ0n) is 12.0. The number of amides is 2. The van der Waals surface area contributed by atoms with Gasteiger partial charge in [0.05, 0.1) is 23.2 Å². The van der Waals surface area contributed by atoms with Crippen LogP contribution in [0.5, 0.6) is 0 Å². The van der Waals surface area contributed by atoms with E-state index in [-0.39, 0.29) is 24.3 Å². The minimum atomic E-state index is -0.345.